The number of hydrogen-bond donors (Lipinski definition) is 0. The average Bonchev–Trinajstić information content (AvgIpc) is 2.59. The van der Waals surface area contributed by atoms with Gasteiger partial charge in [-0.15, -0.1) is 0 Å². The lowest BCUT2D eigenvalue weighted by Gasteiger charge is -2.01. The molecule has 0 aliphatic carbocycles. The number of halogens is 4. The first kappa shape index (κ1) is 8.15. The monoisotopic (exact) mass is 193 g/mol. The Balaban J connectivity index is 2.77. The van der Waals surface area contributed by atoms with Gasteiger partial charge in [0, 0.05) is 0 Å². The van der Waals surface area contributed by atoms with Crippen molar-refractivity contribution in [3.05, 3.63) is 30.1 Å². The molecule has 2 nitrogen and oxygen atoms in total. The Morgan fingerprint density at radius 1 is 0.692 bits per heavy atom. The van der Waals surface area contributed by atoms with Gasteiger partial charge in [0.2, 0.25) is 34.8 Å². The molecule has 0 amide bonds. The van der Waals surface area contributed by atoms with Crippen molar-refractivity contribution in [3.63, 3.8) is 0 Å². The predicted octanol–water partition coefficient (Wildman–Crippen LogP) is 2.13. The van der Waals surface area contributed by atoms with E-state index in [1.165, 1.54) is 0 Å². The first-order chi connectivity index (χ1) is 6.13. The highest BCUT2D eigenvalue weighted by Gasteiger charge is 2.31. The molecule has 1 aromatic carbocycles. The molecule has 69 valence electrons. The smallest absolute Gasteiger partial charge is 0.316 e. The number of rotatable bonds is 0. The highest BCUT2D eigenvalue weighted by Crippen LogP contribution is 2.40. The van der Waals surface area contributed by atoms with Gasteiger partial charge in [-0.25, -0.2) is 8.78 Å². The van der Waals surface area contributed by atoms with E-state index in [2.05, 4.69) is 9.47 Å². The maximum absolute atomic E-state index is 12.7. The van der Waals surface area contributed by atoms with Crippen LogP contribution in [0.5, 0.6) is 11.5 Å². The molecule has 0 saturated carbocycles. The van der Waals surface area contributed by atoms with Crippen LogP contribution < -0.4 is 9.47 Å². The van der Waals surface area contributed by atoms with Gasteiger partial charge in [-0.1, -0.05) is 0 Å². The van der Waals surface area contributed by atoms with E-state index in [-0.39, 0.29) is 0 Å². The fourth-order valence-electron chi connectivity index (χ4n) is 0.922. The maximum atomic E-state index is 12.7. The van der Waals surface area contributed by atoms with E-state index in [9.17, 15) is 17.6 Å². The molecule has 0 atom stereocenters. The largest absolute Gasteiger partial charge is 0.441 e. The number of ether oxygens (including phenoxy) is 2. The number of benzene rings is 1. The second kappa shape index (κ2) is 2.51. The predicted molar refractivity (Wildman–Crippen MR) is 31.8 cm³/mol. The van der Waals surface area contributed by atoms with Crippen LogP contribution in [0.25, 0.3) is 0 Å². The van der Waals surface area contributed by atoms with Crippen LogP contribution in [0.3, 0.4) is 0 Å². The lowest BCUT2D eigenvalue weighted by atomic mass is 10.2. The normalized spacial score (nSPS) is 13.5. The van der Waals surface area contributed by atoms with Crippen LogP contribution in [0.2, 0.25) is 0 Å². The minimum Gasteiger partial charge on any atom is -0.441 e. The van der Waals surface area contributed by atoms with Crippen molar-refractivity contribution in [2.45, 2.75) is 0 Å². The Bertz CT molecular complexity index is 342. The molecule has 1 radical (unpaired) electrons. The molecule has 0 bridgehead atoms. The molecule has 13 heavy (non-hydrogen) atoms. The lowest BCUT2D eigenvalue weighted by molar-refractivity contribution is 0.261. The Morgan fingerprint density at radius 2 is 1.08 bits per heavy atom. The van der Waals surface area contributed by atoms with Crippen LogP contribution >= 0.6 is 0 Å². The SMILES string of the molecule is Fc1c(F)c(F)c2c(c1F)O[CH]O2. The van der Waals surface area contributed by atoms with Gasteiger partial charge in [-0.2, -0.15) is 8.78 Å². The molecule has 0 spiro atoms. The van der Waals surface area contributed by atoms with E-state index >= 15 is 0 Å². The summed E-state index contributed by atoms with van der Waals surface area (Å²) in [5, 5.41) is 0. The van der Waals surface area contributed by atoms with E-state index in [0.717, 1.165) is 0 Å². The van der Waals surface area contributed by atoms with Gasteiger partial charge in [0.15, 0.2) is 0 Å². The van der Waals surface area contributed by atoms with Gasteiger partial charge >= 0.3 is 6.79 Å². The maximum Gasteiger partial charge on any atom is 0.316 e. The van der Waals surface area contributed by atoms with E-state index < -0.39 is 34.8 Å². The van der Waals surface area contributed by atoms with Gasteiger partial charge in [0.05, 0.1) is 0 Å². The molecule has 1 aliphatic rings. The van der Waals surface area contributed by atoms with Crippen molar-refractivity contribution in [2.75, 3.05) is 0 Å². The summed E-state index contributed by atoms with van der Waals surface area (Å²) >= 11 is 0. The second-order valence-corrected chi connectivity index (χ2v) is 2.25. The van der Waals surface area contributed by atoms with Gasteiger partial charge in [-0.3, -0.25) is 0 Å². The lowest BCUT2D eigenvalue weighted by Crippen LogP contribution is -1.97. The van der Waals surface area contributed by atoms with Crippen LogP contribution in [-0.2, 0) is 0 Å². The van der Waals surface area contributed by atoms with Crippen LogP contribution in [-0.4, -0.2) is 0 Å². The highest BCUT2D eigenvalue weighted by atomic mass is 19.2. The third-order valence-electron chi connectivity index (χ3n) is 1.51. The standard InChI is InChI=1S/C7HF4O2/c8-2-3(9)5(11)7-6(4(2)10)12-1-13-7/h1H. The summed E-state index contributed by atoms with van der Waals surface area (Å²) in [5.74, 6) is -8.62. The second-order valence-electron chi connectivity index (χ2n) is 2.25. The Morgan fingerprint density at radius 3 is 1.46 bits per heavy atom. The Labute approximate surface area is 69.7 Å². The molecule has 2 rings (SSSR count). The topological polar surface area (TPSA) is 18.5 Å². The van der Waals surface area contributed by atoms with Crippen molar-refractivity contribution in [1.82, 2.24) is 0 Å². The summed E-state index contributed by atoms with van der Waals surface area (Å²) in [4.78, 5) is 0. The average molecular weight is 193 g/mol. The van der Waals surface area contributed by atoms with E-state index in [4.69, 9.17) is 0 Å². The van der Waals surface area contributed by atoms with Crippen molar-refractivity contribution in [1.29, 1.82) is 0 Å². The van der Waals surface area contributed by atoms with E-state index in [0.29, 0.717) is 6.79 Å². The number of fused-ring (bicyclic) bond motifs is 1. The zero-order valence-electron chi connectivity index (χ0n) is 5.91. The zero-order valence-corrected chi connectivity index (χ0v) is 5.91. The van der Waals surface area contributed by atoms with Crippen molar-refractivity contribution >= 4 is 0 Å². The summed E-state index contributed by atoms with van der Waals surface area (Å²) in [6, 6.07) is 0. The van der Waals surface area contributed by atoms with Crippen LogP contribution in [0.4, 0.5) is 17.6 Å². The fraction of sp³-hybridized carbons (Fsp3) is 0. The van der Waals surface area contributed by atoms with Gasteiger partial charge in [-0.05, 0) is 0 Å². The Hall–Kier alpha value is -1.46. The molecule has 1 heterocycles. The van der Waals surface area contributed by atoms with E-state index in [1.807, 2.05) is 0 Å². The van der Waals surface area contributed by atoms with Gasteiger partial charge in [0.25, 0.3) is 0 Å². The van der Waals surface area contributed by atoms with Gasteiger partial charge < -0.3 is 9.47 Å². The molecule has 0 unspecified atom stereocenters. The molecule has 1 aliphatic heterocycles. The molecule has 0 aromatic heterocycles. The van der Waals surface area contributed by atoms with E-state index in [1.54, 1.807) is 0 Å². The van der Waals surface area contributed by atoms with Gasteiger partial charge in [0.1, 0.15) is 0 Å². The van der Waals surface area contributed by atoms with Crippen LogP contribution in [0.15, 0.2) is 0 Å². The van der Waals surface area contributed by atoms with Crippen LogP contribution in [0, 0.1) is 30.1 Å². The van der Waals surface area contributed by atoms with Crippen molar-refractivity contribution in [3.8, 4) is 11.5 Å². The molecular weight excluding hydrogens is 192 g/mol. The number of hydrogen-bond acceptors (Lipinski definition) is 2. The minimum absolute atomic E-state index is 0.579. The summed E-state index contributed by atoms with van der Waals surface area (Å²) in [6.07, 6.45) is 0. The fourth-order valence-corrected chi connectivity index (χ4v) is 0.922. The first-order valence-corrected chi connectivity index (χ1v) is 3.14. The molecule has 0 fully saturated rings. The van der Waals surface area contributed by atoms with Crippen molar-refractivity contribution in [2.24, 2.45) is 0 Å². The minimum atomic E-state index is -1.92. The highest BCUT2D eigenvalue weighted by molar-refractivity contribution is 5.46. The van der Waals surface area contributed by atoms with Crippen LogP contribution in [0.1, 0.15) is 0 Å². The third-order valence-corrected chi connectivity index (χ3v) is 1.51. The molecule has 0 saturated heterocycles. The zero-order chi connectivity index (χ0) is 9.59. The summed E-state index contributed by atoms with van der Waals surface area (Å²) in [5.41, 5.74) is 0. The molecule has 6 heteroatoms. The quantitative estimate of drug-likeness (QED) is 0.357. The Kier molecular flexibility index (Phi) is 1.58. The summed E-state index contributed by atoms with van der Waals surface area (Å²) < 4.78 is 59.0. The third kappa shape index (κ3) is 0.944. The summed E-state index contributed by atoms with van der Waals surface area (Å²) in [7, 11) is 0. The molecular formula is C7HF4O2. The van der Waals surface area contributed by atoms with Crippen molar-refractivity contribution < 1.29 is 27.0 Å². The first-order valence-electron chi connectivity index (χ1n) is 3.14. The molecule has 1 aromatic rings. The summed E-state index contributed by atoms with van der Waals surface area (Å²) in [6.45, 7) is 0.579. The molecule has 0 N–H and O–H groups in total.